The normalized spacial score (nSPS) is 10.3. The standard InChI is InChI=1S/C9H11N7O2/c1-5-7(16(17)18)8(14-9(10)12-5)13-6-3-11-15(2)4-6/h3-4H,1-2H3,(H3,10,12,13,14). The Morgan fingerprint density at radius 2 is 2.22 bits per heavy atom. The molecule has 18 heavy (non-hydrogen) atoms. The first-order valence-corrected chi connectivity index (χ1v) is 5.01. The summed E-state index contributed by atoms with van der Waals surface area (Å²) in [5.74, 6) is 0.0301. The zero-order valence-corrected chi connectivity index (χ0v) is 9.78. The molecular weight excluding hydrogens is 238 g/mol. The maximum atomic E-state index is 11.0. The maximum absolute atomic E-state index is 11.0. The quantitative estimate of drug-likeness (QED) is 0.607. The molecule has 3 N–H and O–H groups in total. The van der Waals surface area contributed by atoms with Gasteiger partial charge in [-0.15, -0.1) is 0 Å². The first-order valence-electron chi connectivity index (χ1n) is 5.01. The zero-order chi connectivity index (χ0) is 13.3. The van der Waals surface area contributed by atoms with Crippen molar-refractivity contribution in [2.75, 3.05) is 11.1 Å². The van der Waals surface area contributed by atoms with Crippen molar-refractivity contribution >= 4 is 23.1 Å². The van der Waals surface area contributed by atoms with Crippen LogP contribution in [0, 0.1) is 17.0 Å². The summed E-state index contributed by atoms with van der Waals surface area (Å²) in [7, 11) is 1.74. The number of hydrogen-bond donors (Lipinski definition) is 2. The summed E-state index contributed by atoms with van der Waals surface area (Å²) >= 11 is 0. The van der Waals surface area contributed by atoms with E-state index in [1.165, 1.54) is 13.1 Å². The molecule has 9 heteroatoms. The van der Waals surface area contributed by atoms with Crippen LogP contribution in [0.15, 0.2) is 12.4 Å². The predicted octanol–water partition coefficient (Wildman–Crippen LogP) is 0.753. The van der Waals surface area contributed by atoms with Crippen LogP contribution in [0.1, 0.15) is 5.69 Å². The van der Waals surface area contributed by atoms with Crippen molar-refractivity contribution in [2.24, 2.45) is 7.05 Å². The smallest absolute Gasteiger partial charge is 0.332 e. The van der Waals surface area contributed by atoms with Gasteiger partial charge in [-0.3, -0.25) is 14.8 Å². The van der Waals surface area contributed by atoms with Crippen molar-refractivity contribution in [3.63, 3.8) is 0 Å². The van der Waals surface area contributed by atoms with Gasteiger partial charge in [-0.05, 0) is 6.92 Å². The van der Waals surface area contributed by atoms with Crippen molar-refractivity contribution in [2.45, 2.75) is 6.92 Å². The summed E-state index contributed by atoms with van der Waals surface area (Å²) in [4.78, 5) is 18.0. The minimum absolute atomic E-state index is 0.0236. The van der Waals surface area contributed by atoms with Crippen molar-refractivity contribution in [1.29, 1.82) is 0 Å². The number of aryl methyl sites for hydroxylation is 2. The summed E-state index contributed by atoms with van der Waals surface area (Å²) in [6.45, 7) is 1.50. The van der Waals surface area contributed by atoms with E-state index in [1.54, 1.807) is 17.9 Å². The summed E-state index contributed by atoms with van der Waals surface area (Å²) in [5, 5.41) is 17.7. The Morgan fingerprint density at radius 3 is 2.78 bits per heavy atom. The topological polar surface area (TPSA) is 125 Å². The molecule has 0 aliphatic carbocycles. The van der Waals surface area contributed by atoms with Crippen molar-refractivity contribution in [1.82, 2.24) is 19.7 Å². The lowest BCUT2D eigenvalue weighted by atomic mass is 10.3. The number of hydrogen-bond acceptors (Lipinski definition) is 7. The number of anilines is 3. The van der Waals surface area contributed by atoms with E-state index in [0.29, 0.717) is 5.69 Å². The van der Waals surface area contributed by atoms with Gasteiger partial charge in [0.05, 0.1) is 16.8 Å². The molecular formula is C9H11N7O2. The number of nitrogens with zero attached hydrogens (tertiary/aromatic N) is 5. The Bertz CT molecular complexity index is 607. The first-order chi connectivity index (χ1) is 8.47. The summed E-state index contributed by atoms with van der Waals surface area (Å²) in [6, 6.07) is 0. The molecule has 0 atom stereocenters. The number of nitrogens with one attached hydrogen (secondary N) is 1. The lowest BCUT2D eigenvalue weighted by molar-refractivity contribution is -0.385. The third-order valence-corrected chi connectivity index (χ3v) is 2.23. The number of rotatable bonds is 3. The Balaban J connectivity index is 2.45. The van der Waals surface area contributed by atoms with Crippen LogP contribution >= 0.6 is 0 Å². The van der Waals surface area contributed by atoms with Gasteiger partial charge in [0, 0.05) is 13.2 Å². The monoisotopic (exact) mass is 249 g/mol. The second-order valence-corrected chi connectivity index (χ2v) is 3.65. The molecule has 0 saturated heterocycles. The fraction of sp³-hybridized carbons (Fsp3) is 0.222. The molecule has 0 unspecified atom stereocenters. The number of nitrogen functional groups attached to an aromatic ring is 1. The largest absolute Gasteiger partial charge is 0.368 e. The molecule has 2 aromatic rings. The summed E-state index contributed by atoms with van der Waals surface area (Å²) < 4.78 is 1.56. The van der Waals surface area contributed by atoms with E-state index in [-0.39, 0.29) is 23.1 Å². The fourth-order valence-corrected chi connectivity index (χ4v) is 1.52. The second kappa shape index (κ2) is 4.28. The zero-order valence-electron chi connectivity index (χ0n) is 9.78. The molecule has 9 nitrogen and oxygen atoms in total. The highest BCUT2D eigenvalue weighted by Crippen LogP contribution is 2.28. The van der Waals surface area contributed by atoms with E-state index in [1.807, 2.05) is 0 Å². The summed E-state index contributed by atoms with van der Waals surface area (Å²) in [6.07, 6.45) is 3.19. The fourth-order valence-electron chi connectivity index (χ4n) is 1.52. The number of nitrogens with two attached hydrogens (primary N) is 1. The molecule has 2 rings (SSSR count). The molecule has 0 aromatic carbocycles. The highest BCUT2D eigenvalue weighted by atomic mass is 16.6. The number of nitro groups is 1. The van der Waals surface area contributed by atoms with Gasteiger partial charge in [-0.2, -0.15) is 10.1 Å². The third-order valence-electron chi connectivity index (χ3n) is 2.23. The predicted molar refractivity (Wildman–Crippen MR) is 64.3 cm³/mol. The van der Waals surface area contributed by atoms with Gasteiger partial charge in [0.15, 0.2) is 0 Å². The molecule has 0 bridgehead atoms. The maximum Gasteiger partial charge on any atom is 0.332 e. The van der Waals surface area contributed by atoms with Crippen LogP contribution in [-0.2, 0) is 7.05 Å². The van der Waals surface area contributed by atoms with Gasteiger partial charge in [-0.25, -0.2) is 4.98 Å². The SMILES string of the molecule is Cc1nc(N)nc(Nc2cnn(C)c2)c1[N+](=O)[O-]. The van der Waals surface area contributed by atoms with E-state index in [4.69, 9.17) is 5.73 Å². The van der Waals surface area contributed by atoms with Gasteiger partial charge in [0.25, 0.3) is 0 Å². The molecule has 2 aromatic heterocycles. The van der Waals surface area contributed by atoms with Crippen LogP contribution in [-0.4, -0.2) is 24.7 Å². The van der Waals surface area contributed by atoms with Crippen LogP contribution < -0.4 is 11.1 Å². The van der Waals surface area contributed by atoms with E-state index in [0.717, 1.165) is 0 Å². The first kappa shape index (κ1) is 11.8. The van der Waals surface area contributed by atoms with Gasteiger partial charge >= 0.3 is 5.69 Å². The van der Waals surface area contributed by atoms with E-state index in [2.05, 4.69) is 20.4 Å². The molecule has 94 valence electrons. The average molecular weight is 249 g/mol. The molecule has 0 fully saturated rings. The lowest BCUT2D eigenvalue weighted by Gasteiger charge is -2.06. The van der Waals surface area contributed by atoms with Gasteiger partial charge in [-0.1, -0.05) is 0 Å². The van der Waals surface area contributed by atoms with Crippen LogP contribution in [0.5, 0.6) is 0 Å². The van der Waals surface area contributed by atoms with Gasteiger partial charge in [0.1, 0.15) is 5.69 Å². The molecule has 0 radical (unpaired) electrons. The molecule has 0 spiro atoms. The van der Waals surface area contributed by atoms with Crippen LogP contribution in [0.2, 0.25) is 0 Å². The highest BCUT2D eigenvalue weighted by molar-refractivity contribution is 5.67. The van der Waals surface area contributed by atoms with Crippen molar-refractivity contribution in [3.8, 4) is 0 Å². The summed E-state index contributed by atoms with van der Waals surface area (Å²) in [5.41, 5.74) is 6.07. The lowest BCUT2D eigenvalue weighted by Crippen LogP contribution is -2.06. The second-order valence-electron chi connectivity index (χ2n) is 3.65. The van der Waals surface area contributed by atoms with Crippen LogP contribution in [0.4, 0.5) is 23.1 Å². The van der Waals surface area contributed by atoms with E-state index < -0.39 is 4.92 Å². The Labute approximate surface area is 102 Å². The van der Waals surface area contributed by atoms with E-state index in [9.17, 15) is 10.1 Å². The Kier molecular flexibility index (Phi) is 2.80. The minimum atomic E-state index is -0.548. The Morgan fingerprint density at radius 1 is 1.50 bits per heavy atom. The third kappa shape index (κ3) is 2.19. The van der Waals surface area contributed by atoms with E-state index >= 15 is 0 Å². The molecule has 0 amide bonds. The van der Waals surface area contributed by atoms with Gasteiger partial charge in [0.2, 0.25) is 11.8 Å². The van der Waals surface area contributed by atoms with Crippen molar-refractivity contribution < 1.29 is 4.92 Å². The van der Waals surface area contributed by atoms with Crippen LogP contribution in [0.25, 0.3) is 0 Å². The molecule has 2 heterocycles. The van der Waals surface area contributed by atoms with Crippen LogP contribution in [0.3, 0.4) is 0 Å². The van der Waals surface area contributed by atoms with Gasteiger partial charge < -0.3 is 11.1 Å². The average Bonchev–Trinajstić information content (AvgIpc) is 2.62. The highest BCUT2D eigenvalue weighted by Gasteiger charge is 2.21. The molecule has 0 aliphatic rings. The minimum Gasteiger partial charge on any atom is -0.368 e. The van der Waals surface area contributed by atoms with Crippen molar-refractivity contribution in [3.05, 3.63) is 28.2 Å². The number of aromatic nitrogens is 4. The Hall–Kier alpha value is -2.71. The molecule has 0 aliphatic heterocycles. The molecule has 0 saturated carbocycles.